The van der Waals surface area contributed by atoms with Crippen molar-refractivity contribution in [1.29, 1.82) is 0 Å². The van der Waals surface area contributed by atoms with Crippen LogP contribution in [-0.2, 0) is 17.8 Å². The number of nitrogens with zero attached hydrogens (tertiary/aromatic N) is 3. The Kier molecular flexibility index (Phi) is 4.47. The molecule has 1 aromatic carbocycles. The third-order valence-electron chi connectivity index (χ3n) is 4.04. The fourth-order valence-corrected chi connectivity index (χ4v) is 2.94. The zero-order chi connectivity index (χ0) is 18.0. The number of aromatic nitrogens is 3. The summed E-state index contributed by atoms with van der Waals surface area (Å²) in [6.45, 7) is 2.42. The predicted molar refractivity (Wildman–Crippen MR) is 92.5 cm³/mol. The van der Waals surface area contributed by atoms with Gasteiger partial charge in [-0.3, -0.25) is 9.59 Å². The van der Waals surface area contributed by atoms with Crippen LogP contribution >= 0.6 is 0 Å². The summed E-state index contributed by atoms with van der Waals surface area (Å²) in [7, 11) is 1.47. The topological polar surface area (TPSA) is 100 Å². The molecule has 0 bridgehead atoms. The zero-order valence-electron chi connectivity index (χ0n) is 14.0. The molecule has 2 N–H and O–H groups in total. The van der Waals surface area contributed by atoms with Gasteiger partial charge in [-0.05, 0) is 12.0 Å². The molecule has 2 aromatic heterocycles. The Morgan fingerprint density at radius 3 is 2.56 bits per heavy atom. The van der Waals surface area contributed by atoms with Crippen LogP contribution in [0.15, 0.2) is 36.5 Å². The Balaban J connectivity index is 2.29. The molecule has 0 unspecified atom stereocenters. The quantitative estimate of drug-likeness (QED) is 0.545. The van der Waals surface area contributed by atoms with Crippen LogP contribution in [0.25, 0.3) is 11.0 Å². The number of hydrogen-bond acceptors (Lipinski definition) is 5. The Labute approximate surface area is 144 Å². The summed E-state index contributed by atoms with van der Waals surface area (Å²) in [5.74, 6) is -1.73. The number of ketones is 1. The maximum atomic E-state index is 12.4. The van der Waals surface area contributed by atoms with Crippen molar-refractivity contribution in [1.82, 2.24) is 14.5 Å². The molecule has 0 atom stereocenters. The van der Waals surface area contributed by atoms with E-state index in [-0.39, 0.29) is 11.6 Å². The molecule has 0 aliphatic carbocycles. The van der Waals surface area contributed by atoms with E-state index in [1.807, 2.05) is 41.8 Å². The Bertz CT molecular complexity index is 948. The normalized spacial score (nSPS) is 10.8. The van der Waals surface area contributed by atoms with Crippen LogP contribution in [-0.4, -0.2) is 33.3 Å². The van der Waals surface area contributed by atoms with Gasteiger partial charge in [0, 0.05) is 23.8 Å². The molecule has 0 aliphatic rings. The Morgan fingerprint density at radius 1 is 1.24 bits per heavy atom. The second-order valence-corrected chi connectivity index (χ2v) is 5.53. The van der Waals surface area contributed by atoms with Gasteiger partial charge in [0.05, 0.1) is 12.7 Å². The minimum atomic E-state index is -0.996. The monoisotopic (exact) mass is 338 g/mol. The first-order valence-corrected chi connectivity index (χ1v) is 7.87. The van der Waals surface area contributed by atoms with Crippen LogP contribution in [0.3, 0.4) is 0 Å². The molecule has 0 radical (unpaired) electrons. The lowest BCUT2D eigenvalue weighted by molar-refractivity contribution is -0.114. The predicted octanol–water partition coefficient (Wildman–Crippen LogP) is 1.72. The van der Waals surface area contributed by atoms with E-state index in [1.54, 1.807) is 0 Å². The second-order valence-electron chi connectivity index (χ2n) is 5.53. The zero-order valence-corrected chi connectivity index (χ0v) is 14.0. The van der Waals surface area contributed by atoms with E-state index in [0.29, 0.717) is 29.7 Å². The van der Waals surface area contributed by atoms with Crippen molar-refractivity contribution in [2.45, 2.75) is 19.9 Å². The van der Waals surface area contributed by atoms with Crippen LogP contribution in [0.4, 0.5) is 0 Å². The number of methoxy groups -OCH3 is 1. The number of amides is 1. The number of fused-ring (bicyclic) bond motifs is 1. The molecule has 25 heavy (non-hydrogen) atoms. The molecular formula is C18H18N4O3. The van der Waals surface area contributed by atoms with E-state index in [2.05, 4.69) is 9.97 Å². The van der Waals surface area contributed by atoms with Crippen molar-refractivity contribution >= 4 is 22.7 Å². The lowest BCUT2D eigenvalue weighted by atomic mass is 10.1. The summed E-state index contributed by atoms with van der Waals surface area (Å²) in [5, 5.41) is 0.498. The highest BCUT2D eigenvalue weighted by atomic mass is 16.5. The van der Waals surface area contributed by atoms with Crippen LogP contribution in [0, 0.1) is 0 Å². The van der Waals surface area contributed by atoms with Crippen LogP contribution < -0.4 is 10.5 Å². The third kappa shape index (κ3) is 2.96. The number of carbonyl (C=O) groups is 2. The highest BCUT2D eigenvalue weighted by Gasteiger charge is 2.26. The van der Waals surface area contributed by atoms with Crippen molar-refractivity contribution in [3.05, 3.63) is 53.3 Å². The number of carbonyl (C=O) groups excluding carboxylic acids is 2. The maximum absolute atomic E-state index is 12.4. The van der Waals surface area contributed by atoms with E-state index >= 15 is 0 Å². The molecule has 3 aromatic rings. The Morgan fingerprint density at radius 2 is 1.96 bits per heavy atom. The van der Waals surface area contributed by atoms with Crippen molar-refractivity contribution in [2.24, 2.45) is 5.73 Å². The van der Waals surface area contributed by atoms with E-state index in [4.69, 9.17) is 10.5 Å². The van der Waals surface area contributed by atoms with E-state index in [1.165, 1.54) is 13.3 Å². The molecule has 0 spiro atoms. The highest BCUT2D eigenvalue weighted by Crippen LogP contribution is 2.28. The second kappa shape index (κ2) is 6.72. The summed E-state index contributed by atoms with van der Waals surface area (Å²) in [4.78, 5) is 32.3. The van der Waals surface area contributed by atoms with E-state index in [0.717, 1.165) is 5.56 Å². The lowest BCUT2D eigenvalue weighted by Gasteiger charge is -2.10. The van der Waals surface area contributed by atoms with Gasteiger partial charge in [-0.25, -0.2) is 4.98 Å². The van der Waals surface area contributed by atoms with Gasteiger partial charge in [-0.1, -0.05) is 37.3 Å². The number of nitrogens with two attached hydrogens (primary N) is 1. The van der Waals surface area contributed by atoms with Gasteiger partial charge in [0.1, 0.15) is 5.65 Å². The van der Waals surface area contributed by atoms with Crippen LogP contribution in [0.1, 0.15) is 28.5 Å². The summed E-state index contributed by atoms with van der Waals surface area (Å²) >= 11 is 0. The first-order chi connectivity index (χ1) is 12.1. The molecule has 0 fully saturated rings. The number of Topliss-reactive ketones (excluding diaryl/α,β-unsaturated/α-hetero) is 1. The van der Waals surface area contributed by atoms with Gasteiger partial charge in [0.2, 0.25) is 0 Å². The minimum absolute atomic E-state index is 0.194. The lowest BCUT2D eigenvalue weighted by Crippen LogP contribution is -2.24. The molecular weight excluding hydrogens is 320 g/mol. The SMILES string of the molecule is CCc1c(C(=O)C(N)=O)c2cnc(OC)nc2n1Cc1ccccc1. The molecule has 0 aliphatic heterocycles. The number of rotatable bonds is 6. The van der Waals surface area contributed by atoms with Gasteiger partial charge in [0.25, 0.3) is 11.7 Å². The molecule has 0 saturated carbocycles. The van der Waals surface area contributed by atoms with Crippen LogP contribution in [0.2, 0.25) is 0 Å². The average Bonchev–Trinajstić information content (AvgIpc) is 2.94. The highest BCUT2D eigenvalue weighted by molar-refractivity contribution is 6.44. The Hall–Kier alpha value is -3.22. The van der Waals surface area contributed by atoms with Gasteiger partial charge >= 0.3 is 6.01 Å². The smallest absolute Gasteiger partial charge is 0.318 e. The maximum Gasteiger partial charge on any atom is 0.318 e. The van der Waals surface area contributed by atoms with Crippen molar-refractivity contribution < 1.29 is 14.3 Å². The fraction of sp³-hybridized carbons (Fsp3) is 0.222. The number of primary amides is 1. The van der Waals surface area contributed by atoms with Crippen molar-refractivity contribution in [3.63, 3.8) is 0 Å². The summed E-state index contributed by atoms with van der Waals surface area (Å²) < 4.78 is 7.01. The first kappa shape index (κ1) is 16.6. The summed E-state index contributed by atoms with van der Waals surface area (Å²) in [6, 6.07) is 9.99. The summed E-state index contributed by atoms with van der Waals surface area (Å²) in [5.41, 5.74) is 7.79. The van der Waals surface area contributed by atoms with Gasteiger partial charge in [0.15, 0.2) is 0 Å². The third-order valence-corrected chi connectivity index (χ3v) is 4.04. The standard InChI is InChI=1S/C18H18N4O3/c1-3-13-14(15(23)16(19)24)12-9-20-18(25-2)21-17(12)22(13)10-11-7-5-4-6-8-11/h4-9H,3,10H2,1-2H3,(H2,19,24). The number of ether oxygens (including phenoxy) is 1. The number of benzene rings is 1. The van der Waals surface area contributed by atoms with Gasteiger partial charge in [-0.2, -0.15) is 4.98 Å². The largest absolute Gasteiger partial charge is 0.467 e. The van der Waals surface area contributed by atoms with Crippen molar-refractivity contribution in [3.8, 4) is 6.01 Å². The van der Waals surface area contributed by atoms with Gasteiger partial charge in [-0.15, -0.1) is 0 Å². The first-order valence-electron chi connectivity index (χ1n) is 7.87. The molecule has 7 heteroatoms. The van der Waals surface area contributed by atoms with E-state index in [9.17, 15) is 9.59 Å². The average molecular weight is 338 g/mol. The van der Waals surface area contributed by atoms with E-state index < -0.39 is 11.7 Å². The molecule has 128 valence electrons. The minimum Gasteiger partial charge on any atom is -0.467 e. The molecule has 3 rings (SSSR count). The fourth-order valence-electron chi connectivity index (χ4n) is 2.94. The van der Waals surface area contributed by atoms with Crippen LogP contribution in [0.5, 0.6) is 6.01 Å². The van der Waals surface area contributed by atoms with Gasteiger partial charge < -0.3 is 15.0 Å². The molecule has 0 saturated heterocycles. The summed E-state index contributed by atoms with van der Waals surface area (Å²) in [6.07, 6.45) is 2.04. The number of hydrogen-bond donors (Lipinski definition) is 1. The van der Waals surface area contributed by atoms with Crippen molar-refractivity contribution in [2.75, 3.05) is 7.11 Å². The molecule has 1 amide bonds. The molecule has 2 heterocycles. The molecule has 7 nitrogen and oxygen atoms in total.